The molecule has 2 atom stereocenters. The maximum Gasteiger partial charge on any atom is 1.00 e. The van der Waals surface area contributed by atoms with Gasteiger partial charge in [0.15, 0.2) is 0 Å². The van der Waals surface area contributed by atoms with E-state index in [1.807, 2.05) is 6.92 Å². The minimum atomic E-state index is -4.18. The Hall–Kier alpha value is 1.51. The van der Waals surface area contributed by atoms with Crippen molar-refractivity contribution in [2.45, 2.75) is 141 Å². The van der Waals surface area contributed by atoms with Gasteiger partial charge in [-0.25, -0.2) is 8.42 Å². The molecule has 0 heterocycles. The van der Waals surface area contributed by atoms with Crippen LogP contribution in [-0.2, 0) is 10.1 Å². The third-order valence-electron chi connectivity index (χ3n) is 5.57. The second-order valence-electron chi connectivity index (χ2n) is 8.14. The Morgan fingerprint density at radius 2 is 1.04 bits per heavy atom. The number of unbranched alkanes of at least 4 members (excludes halogenated alkanes) is 12. The zero-order valence-electron chi connectivity index (χ0n) is 19.0. The van der Waals surface area contributed by atoms with Crippen LogP contribution in [0, 0.1) is 0 Å². The number of hydrogen-bond donors (Lipinski definition) is 1. The molecule has 164 valence electrons. The Labute approximate surface area is 218 Å². The molecule has 0 aromatic carbocycles. The van der Waals surface area contributed by atoms with Gasteiger partial charge in [-0.05, 0) is 25.7 Å². The molecule has 2 unspecified atom stereocenters. The van der Waals surface area contributed by atoms with Crippen molar-refractivity contribution in [1.29, 1.82) is 0 Å². The van der Waals surface area contributed by atoms with E-state index in [-0.39, 0.29) is 57.5 Å². The van der Waals surface area contributed by atoms with Gasteiger partial charge in [-0.2, -0.15) is 0 Å². The summed E-state index contributed by atoms with van der Waals surface area (Å²) in [6.45, 7) is 4.19. The fraction of sp³-hybridized carbons (Fsp3) is 1.00. The predicted molar refractivity (Wildman–Crippen MR) is 114 cm³/mol. The van der Waals surface area contributed by atoms with Gasteiger partial charge in [0.25, 0.3) is 0 Å². The molecule has 0 aromatic rings. The molecule has 0 bridgehead atoms. The molecule has 0 rings (SSSR count). The second kappa shape index (κ2) is 21.7. The first-order chi connectivity index (χ1) is 12.9. The smallest absolute Gasteiger partial charge is 0.748 e. The maximum atomic E-state index is 11.5. The van der Waals surface area contributed by atoms with Gasteiger partial charge >= 0.3 is 51.4 Å². The van der Waals surface area contributed by atoms with Crippen LogP contribution in [-0.4, -0.2) is 29.4 Å². The largest absolute Gasteiger partial charge is 1.00 e. The first-order valence-electron chi connectivity index (χ1n) is 11.5. The van der Waals surface area contributed by atoms with Crippen molar-refractivity contribution in [3.8, 4) is 0 Å². The Kier molecular flexibility index (Phi) is 24.6. The van der Waals surface area contributed by atoms with Crippen LogP contribution >= 0.6 is 0 Å². The number of hydrogen-bond acceptors (Lipinski definition) is 4. The van der Waals surface area contributed by atoms with Gasteiger partial charge in [0.05, 0.1) is 16.2 Å². The Morgan fingerprint density at radius 3 is 1.43 bits per heavy atom. The summed E-state index contributed by atoms with van der Waals surface area (Å²) in [7, 11) is -4.18. The Bertz CT molecular complexity index is 415. The molecule has 28 heavy (non-hydrogen) atoms. The van der Waals surface area contributed by atoms with E-state index in [1.54, 1.807) is 0 Å². The van der Waals surface area contributed by atoms with Crippen molar-refractivity contribution in [2.24, 2.45) is 0 Å². The SMILES string of the molecule is CCCCCCCCCCCCCC(CCCCCC(O)CC)S(=O)(=O)[O-].[K+]. The van der Waals surface area contributed by atoms with E-state index in [9.17, 15) is 18.1 Å². The van der Waals surface area contributed by atoms with Gasteiger partial charge in [0, 0.05) is 5.25 Å². The molecule has 1 N–H and O–H groups in total. The van der Waals surface area contributed by atoms with Gasteiger partial charge in [-0.1, -0.05) is 104 Å². The summed E-state index contributed by atoms with van der Waals surface area (Å²) >= 11 is 0. The van der Waals surface area contributed by atoms with Crippen LogP contribution in [0.5, 0.6) is 0 Å². The molecular weight excluding hydrogens is 399 g/mol. The minimum Gasteiger partial charge on any atom is -0.748 e. The molecule has 0 aliphatic heterocycles. The standard InChI is InChI=1S/C22H46O4S.K/c1-3-5-6-7-8-9-10-11-12-13-16-19-22(27(24,25)26)20-17-14-15-18-21(23)4-2;/h21-23H,3-20H2,1-2H3,(H,24,25,26);/q;+1/p-1. The first-order valence-corrected chi connectivity index (χ1v) is 13.0. The van der Waals surface area contributed by atoms with E-state index in [1.165, 1.54) is 51.4 Å². The molecule has 0 amide bonds. The first kappa shape index (κ1) is 31.7. The predicted octanol–water partition coefficient (Wildman–Crippen LogP) is 3.33. The quantitative estimate of drug-likeness (QED) is 0.177. The van der Waals surface area contributed by atoms with Crippen molar-refractivity contribution in [3.05, 3.63) is 0 Å². The third kappa shape index (κ3) is 20.8. The van der Waals surface area contributed by atoms with Gasteiger partial charge in [0.1, 0.15) is 0 Å². The second-order valence-corrected chi connectivity index (χ2v) is 9.79. The molecule has 0 aromatic heterocycles. The summed E-state index contributed by atoms with van der Waals surface area (Å²) in [4.78, 5) is 0. The molecule has 0 aliphatic rings. The monoisotopic (exact) mass is 444 g/mol. The molecule has 0 saturated carbocycles. The molecule has 0 saturated heterocycles. The van der Waals surface area contributed by atoms with Crippen LogP contribution in [0.4, 0.5) is 0 Å². The zero-order valence-corrected chi connectivity index (χ0v) is 22.9. The van der Waals surface area contributed by atoms with Crippen LogP contribution in [0.15, 0.2) is 0 Å². The third-order valence-corrected chi connectivity index (χ3v) is 6.86. The molecule has 0 fully saturated rings. The molecule has 0 aliphatic carbocycles. The fourth-order valence-corrected chi connectivity index (χ4v) is 4.51. The van der Waals surface area contributed by atoms with Crippen LogP contribution < -0.4 is 51.4 Å². The molecule has 4 nitrogen and oxygen atoms in total. The van der Waals surface area contributed by atoms with Crippen LogP contribution in [0.2, 0.25) is 0 Å². The van der Waals surface area contributed by atoms with Crippen molar-refractivity contribution < 1.29 is 69.5 Å². The fourth-order valence-electron chi connectivity index (χ4n) is 3.60. The average Bonchev–Trinajstić information content (AvgIpc) is 2.62. The van der Waals surface area contributed by atoms with Crippen molar-refractivity contribution in [1.82, 2.24) is 0 Å². The summed E-state index contributed by atoms with van der Waals surface area (Å²) in [5.74, 6) is 0. The molecule has 0 radical (unpaired) electrons. The van der Waals surface area contributed by atoms with E-state index in [4.69, 9.17) is 0 Å². The van der Waals surface area contributed by atoms with Gasteiger partial charge in [-0.3, -0.25) is 0 Å². The van der Waals surface area contributed by atoms with E-state index in [0.29, 0.717) is 12.8 Å². The van der Waals surface area contributed by atoms with Crippen LogP contribution in [0.3, 0.4) is 0 Å². The minimum absolute atomic E-state index is 0. The number of aliphatic hydroxyl groups excluding tert-OH is 1. The summed E-state index contributed by atoms with van der Waals surface area (Å²) in [6.07, 6.45) is 18.4. The van der Waals surface area contributed by atoms with E-state index >= 15 is 0 Å². The zero-order chi connectivity index (χ0) is 20.4. The summed E-state index contributed by atoms with van der Waals surface area (Å²) in [5.41, 5.74) is 0. The summed E-state index contributed by atoms with van der Waals surface area (Å²) in [6, 6.07) is 0. The van der Waals surface area contributed by atoms with Gasteiger partial charge < -0.3 is 9.66 Å². The van der Waals surface area contributed by atoms with Crippen molar-refractivity contribution >= 4 is 10.1 Å². The van der Waals surface area contributed by atoms with Crippen LogP contribution in [0.1, 0.15) is 129 Å². The molecule has 6 heteroatoms. The van der Waals surface area contributed by atoms with Gasteiger partial charge in [0.2, 0.25) is 0 Å². The van der Waals surface area contributed by atoms with E-state index in [0.717, 1.165) is 51.4 Å². The Morgan fingerprint density at radius 1 is 0.679 bits per heavy atom. The maximum absolute atomic E-state index is 11.5. The summed E-state index contributed by atoms with van der Waals surface area (Å²) in [5, 5.41) is 8.80. The van der Waals surface area contributed by atoms with E-state index < -0.39 is 15.4 Å². The number of rotatable bonds is 20. The molecule has 0 spiro atoms. The van der Waals surface area contributed by atoms with Crippen molar-refractivity contribution in [2.75, 3.05) is 0 Å². The average molecular weight is 445 g/mol. The van der Waals surface area contributed by atoms with E-state index in [2.05, 4.69) is 6.92 Å². The number of aliphatic hydroxyl groups is 1. The van der Waals surface area contributed by atoms with Crippen LogP contribution in [0.25, 0.3) is 0 Å². The summed E-state index contributed by atoms with van der Waals surface area (Å²) < 4.78 is 34.4. The normalized spacial score (nSPS) is 13.9. The molecular formula is C22H45KO4S. The Balaban J connectivity index is 0. The van der Waals surface area contributed by atoms with Gasteiger partial charge in [-0.15, -0.1) is 0 Å². The topological polar surface area (TPSA) is 77.4 Å². The van der Waals surface area contributed by atoms with Crippen molar-refractivity contribution in [3.63, 3.8) is 0 Å².